The van der Waals surface area contributed by atoms with Gasteiger partial charge in [0.2, 0.25) is 0 Å². The summed E-state index contributed by atoms with van der Waals surface area (Å²) in [6.07, 6.45) is 2.87. The topological polar surface area (TPSA) is 43.4 Å². The van der Waals surface area contributed by atoms with Gasteiger partial charge in [-0.1, -0.05) is 30.3 Å². The molecule has 0 heterocycles. The molecular formula is C15H18O3. The van der Waals surface area contributed by atoms with Crippen molar-refractivity contribution in [2.75, 3.05) is 6.61 Å². The second kappa shape index (κ2) is 5.80. The van der Waals surface area contributed by atoms with Gasteiger partial charge in [0, 0.05) is 18.8 Å². The maximum absolute atomic E-state index is 11.2. The fourth-order valence-electron chi connectivity index (χ4n) is 2.87. The lowest BCUT2D eigenvalue weighted by atomic mass is 9.84. The van der Waals surface area contributed by atoms with Crippen molar-refractivity contribution >= 4 is 12.3 Å². The summed E-state index contributed by atoms with van der Waals surface area (Å²) in [5, 5.41) is 0. The SMILES string of the molecule is CC(=O)OC[C@@H]1CC[C@H](C=O)[C@H]1c1ccccc1. The zero-order valence-electron chi connectivity index (χ0n) is 10.5. The monoisotopic (exact) mass is 246 g/mol. The van der Waals surface area contributed by atoms with Gasteiger partial charge in [-0.2, -0.15) is 0 Å². The van der Waals surface area contributed by atoms with Crippen molar-refractivity contribution in [3.8, 4) is 0 Å². The van der Waals surface area contributed by atoms with Crippen molar-refractivity contribution in [3.05, 3.63) is 35.9 Å². The first-order valence-electron chi connectivity index (χ1n) is 6.36. The second-order valence-corrected chi connectivity index (χ2v) is 4.88. The van der Waals surface area contributed by atoms with Crippen LogP contribution in [0.25, 0.3) is 0 Å². The standard InChI is InChI=1S/C15H18O3/c1-11(17)18-10-14-8-7-13(9-16)15(14)12-5-3-2-4-6-12/h2-6,9,13-15H,7-8,10H2,1H3/t13-,14+,15-/m1/s1. The predicted molar refractivity (Wildman–Crippen MR) is 68.1 cm³/mol. The molecular weight excluding hydrogens is 228 g/mol. The molecule has 0 N–H and O–H groups in total. The van der Waals surface area contributed by atoms with Gasteiger partial charge < -0.3 is 9.53 Å². The summed E-state index contributed by atoms with van der Waals surface area (Å²) in [5.41, 5.74) is 1.17. The van der Waals surface area contributed by atoms with Crippen molar-refractivity contribution in [1.29, 1.82) is 0 Å². The normalized spacial score (nSPS) is 26.8. The summed E-state index contributed by atoms with van der Waals surface area (Å²) in [4.78, 5) is 22.1. The fourth-order valence-corrected chi connectivity index (χ4v) is 2.87. The van der Waals surface area contributed by atoms with Crippen LogP contribution >= 0.6 is 0 Å². The minimum Gasteiger partial charge on any atom is -0.466 e. The van der Waals surface area contributed by atoms with E-state index in [1.165, 1.54) is 12.5 Å². The van der Waals surface area contributed by atoms with Crippen LogP contribution in [0, 0.1) is 11.8 Å². The minimum absolute atomic E-state index is 0.0490. The number of hydrogen-bond donors (Lipinski definition) is 0. The van der Waals surface area contributed by atoms with Crippen LogP contribution in [0.4, 0.5) is 0 Å². The van der Waals surface area contributed by atoms with Crippen molar-refractivity contribution in [1.82, 2.24) is 0 Å². The van der Waals surface area contributed by atoms with Gasteiger partial charge in [0.25, 0.3) is 0 Å². The first-order valence-corrected chi connectivity index (χ1v) is 6.36. The quantitative estimate of drug-likeness (QED) is 0.605. The third-order valence-corrected chi connectivity index (χ3v) is 3.70. The van der Waals surface area contributed by atoms with Crippen LogP contribution in [0.3, 0.4) is 0 Å². The van der Waals surface area contributed by atoms with Crippen LogP contribution in [0.15, 0.2) is 30.3 Å². The van der Waals surface area contributed by atoms with Gasteiger partial charge in [-0.05, 0) is 24.3 Å². The lowest BCUT2D eigenvalue weighted by molar-refractivity contribution is -0.142. The Morgan fingerprint density at radius 2 is 2.06 bits per heavy atom. The third kappa shape index (κ3) is 2.78. The van der Waals surface area contributed by atoms with E-state index in [0.717, 1.165) is 19.1 Å². The van der Waals surface area contributed by atoms with E-state index >= 15 is 0 Å². The highest BCUT2D eigenvalue weighted by atomic mass is 16.5. The Kier molecular flexibility index (Phi) is 4.13. The van der Waals surface area contributed by atoms with Crippen molar-refractivity contribution in [2.45, 2.75) is 25.7 Å². The Balaban J connectivity index is 2.15. The van der Waals surface area contributed by atoms with Crippen LogP contribution in [0.1, 0.15) is 31.2 Å². The molecule has 3 nitrogen and oxygen atoms in total. The van der Waals surface area contributed by atoms with Crippen molar-refractivity contribution < 1.29 is 14.3 Å². The van der Waals surface area contributed by atoms with Crippen LogP contribution in [-0.4, -0.2) is 18.9 Å². The lowest BCUT2D eigenvalue weighted by Gasteiger charge is -2.22. The molecule has 1 saturated carbocycles. The highest BCUT2D eigenvalue weighted by Crippen LogP contribution is 2.43. The number of ether oxygens (including phenoxy) is 1. The van der Waals surface area contributed by atoms with Gasteiger partial charge in [0.15, 0.2) is 0 Å². The van der Waals surface area contributed by atoms with Crippen LogP contribution in [0.2, 0.25) is 0 Å². The Morgan fingerprint density at radius 3 is 2.67 bits per heavy atom. The van der Waals surface area contributed by atoms with Gasteiger partial charge in [0.1, 0.15) is 6.29 Å². The van der Waals surface area contributed by atoms with Crippen molar-refractivity contribution in [3.63, 3.8) is 0 Å². The molecule has 0 radical (unpaired) electrons. The van der Waals surface area contributed by atoms with E-state index in [2.05, 4.69) is 0 Å². The molecule has 0 saturated heterocycles. The van der Waals surface area contributed by atoms with Gasteiger partial charge >= 0.3 is 5.97 Å². The van der Waals surface area contributed by atoms with Crippen molar-refractivity contribution in [2.24, 2.45) is 11.8 Å². The maximum Gasteiger partial charge on any atom is 0.302 e. The molecule has 1 aliphatic carbocycles. The summed E-state index contributed by atoms with van der Waals surface area (Å²) >= 11 is 0. The first-order chi connectivity index (χ1) is 8.72. The molecule has 0 spiro atoms. The summed E-state index contributed by atoms with van der Waals surface area (Å²) in [7, 11) is 0. The molecule has 0 unspecified atom stereocenters. The maximum atomic E-state index is 11.2. The zero-order chi connectivity index (χ0) is 13.0. The number of hydrogen-bond acceptors (Lipinski definition) is 3. The molecule has 3 atom stereocenters. The Hall–Kier alpha value is -1.64. The average molecular weight is 246 g/mol. The largest absolute Gasteiger partial charge is 0.466 e. The molecule has 0 bridgehead atoms. The predicted octanol–water partition coefficient (Wildman–Crippen LogP) is 2.56. The molecule has 3 heteroatoms. The van der Waals surface area contributed by atoms with E-state index in [9.17, 15) is 9.59 Å². The summed E-state index contributed by atoms with van der Waals surface area (Å²) in [6.45, 7) is 1.84. The molecule has 0 aliphatic heterocycles. The van der Waals surface area contributed by atoms with E-state index in [-0.39, 0.29) is 23.7 Å². The Morgan fingerprint density at radius 1 is 1.33 bits per heavy atom. The number of carbonyl (C=O) groups excluding carboxylic acids is 2. The molecule has 18 heavy (non-hydrogen) atoms. The van der Waals surface area contributed by atoms with E-state index in [0.29, 0.717) is 6.61 Å². The smallest absolute Gasteiger partial charge is 0.302 e. The Labute approximate surface area is 107 Å². The number of rotatable bonds is 4. The summed E-state index contributed by atoms with van der Waals surface area (Å²) in [5.74, 6) is 0.235. The number of carbonyl (C=O) groups is 2. The molecule has 1 aromatic rings. The molecule has 0 amide bonds. The van der Waals surface area contributed by atoms with Gasteiger partial charge in [-0.15, -0.1) is 0 Å². The van der Waals surface area contributed by atoms with Crippen LogP contribution in [0.5, 0.6) is 0 Å². The Bertz CT molecular complexity index is 413. The average Bonchev–Trinajstić information content (AvgIpc) is 2.80. The number of esters is 1. The molecule has 1 fully saturated rings. The highest BCUT2D eigenvalue weighted by molar-refractivity contribution is 5.66. The fraction of sp³-hybridized carbons (Fsp3) is 0.467. The zero-order valence-corrected chi connectivity index (χ0v) is 10.5. The highest BCUT2D eigenvalue weighted by Gasteiger charge is 2.37. The van der Waals surface area contributed by atoms with Gasteiger partial charge in [-0.3, -0.25) is 4.79 Å². The van der Waals surface area contributed by atoms with E-state index < -0.39 is 0 Å². The van der Waals surface area contributed by atoms with E-state index in [4.69, 9.17) is 4.74 Å². The van der Waals surface area contributed by atoms with Gasteiger partial charge in [0.05, 0.1) is 6.61 Å². The minimum atomic E-state index is -0.253. The van der Waals surface area contributed by atoms with Crippen LogP contribution in [-0.2, 0) is 14.3 Å². The van der Waals surface area contributed by atoms with E-state index in [1.54, 1.807) is 0 Å². The van der Waals surface area contributed by atoms with Crippen LogP contribution < -0.4 is 0 Å². The van der Waals surface area contributed by atoms with E-state index in [1.807, 2.05) is 30.3 Å². The second-order valence-electron chi connectivity index (χ2n) is 4.88. The summed E-state index contributed by atoms with van der Waals surface area (Å²) in [6, 6.07) is 10.0. The molecule has 0 aromatic heterocycles. The van der Waals surface area contributed by atoms with Gasteiger partial charge in [-0.25, -0.2) is 0 Å². The number of benzene rings is 1. The lowest BCUT2D eigenvalue weighted by Crippen LogP contribution is -2.19. The summed E-state index contributed by atoms with van der Waals surface area (Å²) < 4.78 is 5.12. The first kappa shape index (κ1) is 12.8. The number of aldehydes is 1. The molecule has 1 aliphatic rings. The molecule has 1 aromatic carbocycles. The molecule has 2 rings (SSSR count). The molecule has 96 valence electrons. The third-order valence-electron chi connectivity index (χ3n) is 3.70.